The van der Waals surface area contributed by atoms with E-state index in [1.165, 1.54) is 11.3 Å². The first-order chi connectivity index (χ1) is 10.5. The summed E-state index contributed by atoms with van der Waals surface area (Å²) in [5.74, 6) is -1.02. The number of thiophene rings is 1. The van der Waals surface area contributed by atoms with Crippen LogP contribution in [0.25, 0.3) is 0 Å². The second-order valence-corrected chi connectivity index (χ2v) is 7.01. The number of nitrogens with two attached hydrogens (primary N) is 1. The Morgan fingerprint density at radius 1 is 1.36 bits per heavy atom. The zero-order valence-electron chi connectivity index (χ0n) is 12.3. The van der Waals surface area contributed by atoms with Crippen molar-refractivity contribution in [2.75, 3.05) is 11.9 Å². The van der Waals surface area contributed by atoms with E-state index in [0.29, 0.717) is 16.5 Å². The summed E-state index contributed by atoms with van der Waals surface area (Å²) in [6, 6.07) is 0. The molecular formula is C15H18N2O4S. The molecule has 22 heavy (non-hydrogen) atoms. The molecule has 7 heteroatoms. The Labute approximate surface area is 132 Å². The molecule has 2 aliphatic carbocycles. The summed E-state index contributed by atoms with van der Waals surface area (Å²) in [7, 11) is 0. The number of fused-ring (bicyclic) bond motifs is 1. The molecule has 2 atom stereocenters. The molecule has 0 saturated heterocycles. The molecule has 1 saturated carbocycles. The van der Waals surface area contributed by atoms with Gasteiger partial charge in [0.05, 0.1) is 11.5 Å². The van der Waals surface area contributed by atoms with Crippen molar-refractivity contribution in [3.8, 4) is 0 Å². The van der Waals surface area contributed by atoms with Crippen molar-refractivity contribution in [2.45, 2.75) is 32.6 Å². The lowest BCUT2D eigenvalue weighted by atomic mass is 10.1. The first kappa shape index (κ1) is 15.0. The number of anilines is 1. The van der Waals surface area contributed by atoms with Crippen LogP contribution in [0.3, 0.4) is 0 Å². The molecule has 1 aromatic heterocycles. The standard InChI is InChI=1S/C15H18N2O4S/c1-7-5-9(7)15(20)21-6-11(18)17-14-12(13(16)19)8-3-2-4-10(8)22-14/h7,9H,2-6H2,1H3,(H2,16,19)(H,17,18)/t7-,9+/m1/s1. The van der Waals surface area contributed by atoms with Gasteiger partial charge in [-0.05, 0) is 37.2 Å². The van der Waals surface area contributed by atoms with Crippen LogP contribution in [0.4, 0.5) is 5.00 Å². The molecule has 6 nitrogen and oxygen atoms in total. The van der Waals surface area contributed by atoms with E-state index in [4.69, 9.17) is 10.5 Å². The second kappa shape index (κ2) is 5.72. The van der Waals surface area contributed by atoms with Crippen LogP contribution >= 0.6 is 11.3 Å². The fourth-order valence-corrected chi connectivity index (χ4v) is 4.12. The normalized spacial score (nSPS) is 22.0. The van der Waals surface area contributed by atoms with Crippen molar-refractivity contribution in [1.29, 1.82) is 0 Å². The molecular weight excluding hydrogens is 304 g/mol. The maximum absolute atomic E-state index is 11.9. The quantitative estimate of drug-likeness (QED) is 0.802. The number of rotatable bonds is 5. The molecule has 1 aromatic rings. The molecule has 2 amide bonds. The van der Waals surface area contributed by atoms with Gasteiger partial charge < -0.3 is 15.8 Å². The SMILES string of the molecule is C[C@@H]1C[C@@H]1C(=O)OCC(=O)Nc1sc2c(c1C(N)=O)CCC2. The van der Waals surface area contributed by atoms with Crippen LogP contribution in [-0.4, -0.2) is 24.4 Å². The van der Waals surface area contributed by atoms with Crippen molar-refractivity contribution in [2.24, 2.45) is 17.6 Å². The summed E-state index contributed by atoms with van der Waals surface area (Å²) in [5, 5.41) is 3.12. The fourth-order valence-electron chi connectivity index (χ4n) is 2.81. The van der Waals surface area contributed by atoms with Gasteiger partial charge in [-0.15, -0.1) is 11.3 Å². The van der Waals surface area contributed by atoms with E-state index in [1.54, 1.807) is 0 Å². The molecule has 3 rings (SSSR count). The van der Waals surface area contributed by atoms with E-state index in [0.717, 1.165) is 36.1 Å². The minimum atomic E-state index is -0.529. The highest BCUT2D eigenvalue weighted by Crippen LogP contribution is 2.39. The number of esters is 1. The average Bonchev–Trinajstić information content (AvgIpc) is 2.86. The van der Waals surface area contributed by atoms with Gasteiger partial charge in [-0.2, -0.15) is 0 Å². The van der Waals surface area contributed by atoms with E-state index < -0.39 is 11.8 Å². The molecule has 0 radical (unpaired) electrons. The topological polar surface area (TPSA) is 98.5 Å². The van der Waals surface area contributed by atoms with Crippen LogP contribution < -0.4 is 11.1 Å². The van der Waals surface area contributed by atoms with E-state index in [1.807, 2.05) is 6.92 Å². The molecule has 3 N–H and O–H groups in total. The zero-order chi connectivity index (χ0) is 15.9. The Hall–Kier alpha value is -1.89. The molecule has 0 spiro atoms. The Bertz CT molecular complexity index is 652. The van der Waals surface area contributed by atoms with Gasteiger partial charge in [-0.1, -0.05) is 6.92 Å². The number of ether oxygens (including phenoxy) is 1. The van der Waals surface area contributed by atoms with Gasteiger partial charge >= 0.3 is 5.97 Å². The molecule has 2 aliphatic rings. The Balaban J connectivity index is 1.62. The van der Waals surface area contributed by atoms with Crippen LogP contribution in [0.2, 0.25) is 0 Å². The number of carbonyl (C=O) groups is 3. The minimum Gasteiger partial charge on any atom is -0.455 e. The van der Waals surface area contributed by atoms with Gasteiger partial charge in [-0.25, -0.2) is 0 Å². The molecule has 1 fully saturated rings. The van der Waals surface area contributed by atoms with Crippen LogP contribution in [0.1, 0.15) is 40.6 Å². The molecule has 0 bridgehead atoms. The lowest BCUT2D eigenvalue weighted by Gasteiger charge is -2.07. The summed E-state index contributed by atoms with van der Waals surface area (Å²) in [6.07, 6.45) is 3.55. The number of hydrogen-bond acceptors (Lipinski definition) is 5. The summed E-state index contributed by atoms with van der Waals surface area (Å²) < 4.78 is 4.99. The van der Waals surface area contributed by atoms with Gasteiger partial charge in [0.1, 0.15) is 5.00 Å². The molecule has 118 valence electrons. The average molecular weight is 322 g/mol. The molecule has 0 aliphatic heterocycles. The van der Waals surface area contributed by atoms with Crippen molar-refractivity contribution in [1.82, 2.24) is 0 Å². The van der Waals surface area contributed by atoms with Gasteiger partial charge in [0, 0.05) is 4.88 Å². The highest BCUT2D eigenvalue weighted by Gasteiger charge is 2.40. The third-order valence-electron chi connectivity index (χ3n) is 4.18. The lowest BCUT2D eigenvalue weighted by molar-refractivity contribution is -0.148. The maximum Gasteiger partial charge on any atom is 0.309 e. The van der Waals surface area contributed by atoms with Crippen LogP contribution in [0, 0.1) is 11.8 Å². The van der Waals surface area contributed by atoms with Crippen LogP contribution in [0.15, 0.2) is 0 Å². The number of nitrogens with one attached hydrogen (secondary N) is 1. The van der Waals surface area contributed by atoms with Crippen molar-refractivity contribution >= 4 is 34.1 Å². The van der Waals surface area contributed by atoms with Gasteiger partial charge in [0.25, 0.3) is 11.8 Å². The number of amides is 2. The third-order valence-corrected chi connectivity index (χ3v) is 5.39. The van der Waals surface area contributed by atoms with Gasteiger partial charge in [0.15, 0.2) is 6.61 Å². The van der Waals surface area contributed by atoms with E-state index in [9.17, 15) is 14.4 Å². The van der Waals surface area contributed by atoms with Crippen molar-refractivity contribution in [3.05, 3.63) is 16.0 Å². The summed E-state index contributed by atoms with van der Waals surface area (Å²) >= 11 is 1.39. The molecule has 0 aromatic carbocycles. The first-order valence-electron chi connectivity index (χ1n) is 7.38. The lowest BCUT2D eigenvalue weighted by Crippen LogP contribution is -2.23. The highest BCUT2D eigenvalue weighted by atomic mass is 32.1. The Morgan fingerprint density at radius 2 is 2.09 bits per heavy atom. The summed E-state index contributed by atoms with van der Waals surface area (Å²) in [4.78, 5) is 36.2. The van der Waals surface area contributed by atoms with Gasteiger partial charge in [-0.3, -0.25) is 14.4 Å². The predicted octanol–water partition coefficient (Wildman–Crippen LogP) is 1.47. The number of aryl methyl sites for hydroxylation is 1. The summed E-state index contributed by atoms with van der Waals surface area (Å²) in [5.41, 5.74) is 6.79. The first-order valence-corrected chi connectivity index (χ1v) is 8.20. The van der Waals surface area contributed by atoms with Crippen molar-refractivity contribution < 1.29 is 19.1 Å². The van der Waals surface area contributed by atoms with Crippen LogP contribution in [0.5, 0.6) is 0 Å². The fraction of sp³-hybridized carbons (Fsp3) is 0.533. The van der Waals surface area contributed by atoms with E-state index >= 15 is 0 Å². The van der Waals surface area contributed by atoms with Crippen LogP contribution in [-0.2, 0) is 27.2 Å². The molecule has 0 unspecified atom stereocenters. The predicted molar refractivity (Wildman–Crippen MR) is 81.7 cm³/mol. The Kier molecular flexibility index (Phi) is 3.90. The number of hydrogen-bond donors (Lipinski definition) is 2. The minimum absolute atomic E-state index is 0.0699. The Morgan fingerprint density at radius 3 is 2.73 bits per heavy atom. The monoisotopic (exact) mass is 322 g/mol. The number of carbonyl (C=O) groups excluding carboxylic acids is 3. The molecule has 1 heterocycles. The largest absolute Gasteiger partial charge is 0.455 e. The highest BCUT2D eigenvalue weighted by molar-refractivity contribution is 7.17. The van der Waals surface area contributed by atoms with E-state index in [2.05, 4.69) is 5.32 Å². The number of primary amides is 1. The second-order valence-electron chi connectivity index (χ2n) is 5.90. The van der Waals surface area contributed by atoms with Crippen molar-refractivity contribution in [3.63, 3.8) is 0 Å². The zero-order valence-corrected chi connectivity index (χ0v) is 13.1. The summed E-state index contributed by atoms with van der Waals surface area (Å²) in [6.45, 7) is 1.64. The van der Waals surface area contributed by atoms with Gasteiger partial charge in [0.2, 0.25) is 0 Å². The van der Waals surface area contributed by atoms with E-state index in [-0.39, 0.29) is 18.5 Å². The smallest absolute Gasteiger partial charge is 0.309 e. The maximum atomic E-state index is 11.9. The third kappa shape index (κ3) is 2.85.